The monoisotopic (exact) mass is 560 g/mol. The maximum atomic E-state index is 12.1. The second-order valence-electron chi connectivity index (χ2n) is 11.2. The Bertz CT molecular complexity index is 1710. The number of benzene rings is 3. The number of esters is 1. The molecule has 2 N–H and O–H groups in total. The lowest BCUT2D eigenvalue weighted by atomic mass is 9.99. The summed E-state index contributed by atoms with van der Waals surface area (Å²) in [6.07, 6.45) is 4.71. The van der Waals surface area contributed by atoms with Gasteiger partial charge in [-0.15, -0.1) is 0 Å². The predicted octanol–water partition coefficient (Wildman–Crippen LogP) is 6.91. The van der Waals surface area contributed by atoms with Crippen LogP contribution in [0.1, 0.15) is 52.5 Å². The smallest absolute Gasteiger partial charge is 0.337 e. The first kappa shape index (κ1) is 27.5. The molecule has 1 fully saturated rings. The molecule has 42 heavy (non-hydrogen) atoms. The van der Waals surface area contributed by atoms with Crippen molar-refractivity contribution in [3.8, 4) is 5.88 Å². The molecule has 0 spiro atoms. The van der Waals surface area contributed by atoms with E-state index in [1.54, 1.807) is 12.1 Å². The minimum absolute atomic E-state index is 0.00506. The molecular weight excluding hydrogens is 524 g/mol. The van der Waals surface area contributed by atoms with E-state index in [9.17, 15) is 9.90 Å². The molecule has 5 aromatic rings. The molecular formula is C35H36N4O3. The van der Waals surface area contributed by atoms with Crippen LogP contribution in [0, 0.1) is 5.92 Å². The number of carbonyl (C=O) groups is 1. The summed E-state index contributed by atoms with van der Waals surface area (Å²) in [6, 6.07) is 27.6. The van der Waals surface area contributed by atoms with Crippen molar-refractivity contribution in [3.05, 3.63) is 119 Å². The maximum absolute atomic E-state index is 12.1. The molecule has 0 atom stereocenters. The third-order valence-corrected chi connectivity index (χ3v) is 8.20. The topological polar surface area (TPSA) is 82.8 Å². The molecule has 0 amide bonds. The molecule has 1 aliphatic rings. The first-order valence-electron chi connectivity index (χ1n) is 14.5. The molecule has 1 saturated heterocycles. The number of rotatable bonds is 8. The third-order valence-electron chi connectivity index (χ3n) is 8.20. The van der Waals surface area contributed by atoms with Crippen molar-refractivity contribution in [2.45, 2.75) is 32.9 Å². The van der Waals surface area contributed by atoms with Crippen LogP contribution in [0.5, 0.6) is 5.88 Å². The van der Waals surface area contributed by atoms with E-state index in [1.807, 2.05) is 48.5 Å². The zero-order valence-corrected chi connectivity index (χ0v) is 24.1. The average Bonchev–Trinajstić information content (AvgIpc) is 3.59. The number of H-pyrrole nitrogens is 1. The highest BCUT2D eigenvalue weighted by molar-refractivity contribution is 6.22. The molecule has 214 valence electrons. The van der Waals surface area contributed by atoms with Crippen LogP contribution in [0.15, 0.2) is 96.1 Å². The summed E-state index contributed by atoms with van der Waals surface area (Å²) in [5, 5.41) is 11.8. The van der Waals surface area contributed by atoms with Crippen molar-refractivity contribution >= 4 is 28.3 Å². The van der Waals surface area contributed by atoms with Crippen LogP contribution in [0.3, 0.4) is 0 Å². The van der Waals surface area contributed by atoms with Gasteiger partial charge in [-0.05, 0) is 73.8 Å². The number of ether oxygens (including phenoxy) is 1. The van der Waals surface area contributed by atoms with E-state index in [1.165, 1.54) is 44.3 Å². The molecule has 7 nitrogen and oxygen atoms in total. The molecule has 2 aromatic heterocycles. The first-order chi connectivity index (χ1) is 20.5. The van der Waals surface area contributed by atoms with Crippen molar-refractivity contribution in [2.75, 3.05) is 20.2 Å². The molecule has 3 aromatic carbocycles. The molecule has 6 rings (SSSR count). The van der Waals surface area contributed by atoms with Crippen LogP contribution in [-0.2, 0) is 17.8 Å². The van der Waals surface area contributed by atoms with Gasteiger partial charge in [0, 0.05) is 41.4 Å². The van der Waals surface area contributed by atoms with E-state index in [-0.39, 0.29) is 5.88 Å². The number of nitrogens with one attached hydrogen (secondary N) is 1. The Kier molecular flexibility index (Phi) is 7.93. The molecule has 3 heterocycles. The van der Waals surface area contributed by atoms with Crippen molar-refractivity contribution in [1.82, 2.24) is 14.5 Å². The first-order valence-corrected chi connectivity index (χ1v) is 14.5. The number of nitrogens with zero attached hydrogens (tertiary/aromatic N) is 3. The van der Waals surface area contributed by atoms with Crippen molar-refractivity contribution in [2.24, 2.45) is 10.9 Å². The number of likely N-dealkylation sites (tertiary alicyclic amines) is 1. The summed E-state index contributed by atoms with van der Waals surface area (Å²) in [5.41, 5.74) is 6.45. The zero-order valence-electron chi connectivity index (χ0n) is 24.1. The molecule has 0 aliphatic carbocycles. The van der Waals surface area contributed by atoms with Gasteiger partial charge >= 0.3 is 5.97 Å². The van der Waals surface area contributed by atoms with Gasteiger partial charge in [-0.25, -0.2) is 9.79 Å². The Morgan fingerprint density at radius 1 is 0.952 bits per heavy atom. The Morgan fingerprint density at radius 2 is 1.71 bits per heavy atom. The average molecular weight is 561 g/mol. The van der Waals surface area contributed by atoms with Gasteiger partial charge in [-0.1, -0.05) is 55.5 Å². The van der Waals surface area contributed by atoms with Gasteiger partial charge in [0.05, 0.1) is 29.6 Å². The fraction of sp³-hybridized carbons (Fsp3) is 0.257. The lowest BCUT2D eigenvalue weighted by Gasteiger charge is -2.30. The summed E-state index contributed by atoms with van der Waals surface area (Å²) in [4.78, 5) is 22.7. The number of methoxy groups -OCH3 is 1. The van der Waals surface area contributed by atoms with Gasteiger partial charge in [0.25, 0.3) is 0 Å². The number of carbonyl (C=O) groups excluding carboxylic acids is 1. The normalized spacial score (nSPS) is 14.9. The maximum Gasteiger partial charge on any atom is 0.337 e. The van der Waals surface area contributed by atoms with Crippen LogP contribution in [-0.4, -0.2) is 51.4 Å². The molecule has 0 saturated carbocycles. The van der Waals surface area contributed by atoms with Crippen molar-refractivity contribution in [1.29, 1.82) is 0 Å². The van der Waals surface area contributed by atoms with Crippen LogP contribution in [0.25, 0.3) is 10.9 Å². The van der Waals surface area contributed by atoms with E-state index < -0.39 is 5.97 Å². The Labute approximate surface area is 246 Å². The molecule has 0 bridgehead atoms. The number of hydrogen-bond donors (Lipinski definition) is 2. The highest BCUT2D eigenvalue weighted by Gasteiger charge is 2.20. The fourth-order valence-corrected chi connectivity index (χ4v) is 5.73. The van der Waals surface area contributed by atoms with E-state index in [4.69, 9.17) is 9.73 Å². The summed E-state index contributed by atoms with van der Waals surface area (Å²) < 4.78 is 7.19. The largest absolute Gasteiger partial charge is 0.494 e. The summed E-state index contributed by atoms with van der Waals surface area (Å²) in [7, 11) is 1.35. The molecule has 7 heteroatoms. The number of aromatic hydroxyl groups is 1. The second-order valence-corrected chi connectivity index (χ2v) is 11.2. The Morgan fingerprint density at radius 3 is 2.45 bits per heavy atom. The van der Waals surface area contributed by atoms with Crippen molar-refractivity contribution < 1.29 is 14.6 Å². The zero-order chi connectivity index (χ0) is 29.1. The lowest BCUT2D eigenvalue weighted by Crippen LogP contribution is -2.33. The van der Waals surface area contributed by atoms with Gasteiger partial charge in [0.2, 0.25) is 0 Å². The highest BCUT2D eigenvalue weighted by atomic mass is 16.5. The van der Waals surface area contributed by atoms with Gasteiger partial charge in [0.1, 0.15) is 0 Å². The van der Waals surface area contributed by atoms with Gasteiger partial charge in [0.15, 0.2) is 5.88 Å². The fourth-order valence-electron chi connectivity index (χ4n) is 5.73. The number of hydrogen-bond acceptors (Lipinski definition) is 5. The van der Waals surface area contributed by atoms with Gasteiger partial charge in [-0.2, -0.15) is 0 Å². The molecule has 1 aliphatic heterocycles. The highest BCUT2D eigenvalue weighted by Crippen LogP contribution is 2.32. The van der Waals surface area contributed by atoms with E-state index >= 15 is 0 Å². The van der Waals surface area contributed by atoms with Crippen LogP contribution >= 0.6 is 0 Å². The number of fused-ring (bicyclic) bond motifs is 1. The summed E-state index contributed by atoms with van der Waals surface area (Å²) in [5.74, 6) is 0.392. The number of aromatic amines is 1. The van der Waals surface area contributed by atoms with Gasteiger partial charge < -0.3 is 19.4 Å². The summed E-state index contributed by atoms with van der Waals surface area (Å²) in [6.45, 7) is 6.47. The lowest BCUT2D eigenvalue weighted by molar-refractivity contribution is 0.0601. The van der Waals surface area contributed by atoms with Crippen molar-refractivity contribution in [3.63, 3.8) is 0 Å². The standard InChI is InChI=1S/C35H36N4O3/c1-24-16-19-38(20-17-24)23-29-9-6-18-39(29)22-25-10-13-28(14-11-25)36-33(26-7-4-3-5-8-26)32-30-15-12-27(35(41)42-2)21-31(30)37-34(32)40/h3-15,18,21,24,37,40H,16-17,19-20,22-23H2,1-2H3. The number of aliphatic imine (C=N–C) groups is 1. The van der Waals surface area contributed by atoms with E-state index in [0.717, 1.165) is 35.6 Å². The van der Waals surface area contributed by atoms with Crippen LogP contribution < -0.4 is 0 Å². The quantitative estimate of drug-likeness (QED) is 0.160. The van der Waals surface area contributed by atoms with Crippen LogP contribution in [0.4, 0.5) is 5.69 Å². The van der Waals surface area contributed by atoms with E-state index in [0.29, 0.717) is 22.4 Å². The minimum Gasteiger partial charge on any atom is -0.494 e. The number of aromatic nitrogens is 2. The van der Waals surface area contributed by atoms with Gasteiger partial charge in [-0.3, -0.25) is 4.90 Å². The Balaban J connectivity index is 1.28. The second kappa shape index (κ2) is 12.1. The SMILES string of the molecule is COC(=O)c1ccc2c(C(=Nc3ccc(Cn4cccc4CN4CCC(C)CC4)cc3)c3ccccc3)c(O)[nH]c2c1. The third kappa shape index (κ3) is 5.87. The van der Waals surface area contributed by atoms with E-state index in [2.05, 4.69) is 51.8 Å². The summed E-state index contributed by atoms with van der Waals surface area (Å²) >= 11 is 0. The molecule has 0 unspecified atom stereocenters. The number of piperidine rings is 1. The van der Waals surface area contributed by atoms with Crippen LogP contribution in [0.2, 0.25) is 0 Å². The minimum atomic E-state index is -0.433. The predicted molar refractivity (Wildman–Crippen MR) is 167 cm³/mol. The molecule has 0 radical (unpaired) electrons. The Hall–Kier alpha value is -4.62.